The molecule has 0 bridgehead atoms. The number of hydrogen-bond acceptors (Lipinski definition) is 4. The molecule has 6 heteroatoms. The van der Waals surface area contributed by atoms with Crippen molar-refractivity contribution in [2.24, 2.45) is 5.84 Å². The Morgan fingerprint density at radius 3 is 2.60 bits per heavy atom. The Morgan fingerprint density at radius 2 is 2.13 bits per heavy atom. The summed E-state index contributed by atoms with van der Waals surface area (Å²) < 4.78 is 4.57. The van der Waals surface area contributed by atoms with E-state index < -0.39 is 12.0 Å². The van der Waals surface area contributed by atoms with Gasteiger partial charge in [0.05, 0.1) is 7.11 Å². The molecule has 1 rings (SSSR count). The predicted octanol–water partition coefficient (Wildman–Crippen LogP) is 1.44. The number of carbonyl (C=O) groups excluding carboxylic acids is 1. The van der Waals surface area contributed by atoms with Crippen molar-refractivity contribution >= 4 is 30.0 Å². The van der Waals surface area contributed by atoms with Crippen LogP contribution in [0.15, 0.2) is 24.3 Å². The molecular weight excluding hydrogens is 239 g/mol. The van der Waals surface area contributed by atoms with E-state index in [0.717, 1.165) is 0 Å². The zero-order chi connectivity index (χ0) is 10.6. The number of hydrazine groups is 1. The molecule has 0 aliphatic heterocycles. The zero-order valence-corrected chi connectivity index (χ0v) is 9.64. The van der Waals surface area contributed by atoms with E-state index in [4.69, 9.17) is 17.4 Å². The van der Waals surface area contributed by atoms with Gasteiger partial charge < -0.3 is 4.74 Å². The minimum atomic E-state index is -0.728. The van der Waals surface area contributed by atoms with Gasteiger partial charge in [0.25, 0.3) is 0 Å². The number of rotatable bonds is 3. The summed E-state index contributed by atoms with van der Waals surface area (Å²) in [7, 11) is 1.30. The summed E-state index contributed by atoms with van der Waals surface area (Å²) in [5.74, 6) is 4.77. The number of halogens is 2. The molecule has 1 aromatic rings. The number of ether oxygens (including phenoxy) is 1. The van der Waals surface area contributed by atoms with E-state index >= 15 is 0 Å². The average Bonchev–Trinajstić information content (AvgIpc) is 2.21. The van der Waals surface area contributed by atoms with Crippen LogP contribution in [0.1, 0.15) is 11.6 Å². The molecule has 0 saturated heterocycles. The van der Waals surface area contributed by atoms with E-state index in [2.05, 4.69) is 10.2 Å². The number of esters is 1. The predicted molar refractivity (Wildman–Crippen MR) is 60.8 cm³/mol. The van der Waals surface area contributed by atoms with Gasteiger partial charge in [-0.25, -0.2) is 10.2 Å². The molecule has 1 atom stereocenters. The van der Waals surface area contributed by atoms with Gasteiger partial charge in [-0.1, -0.05) is 29.8 Å². The fourth-order valence-electron chi connectivity index (χ4n) is 1.11. The van der Waals surface area contributed by atoms with Gasteiger partial charge in [0.2, 0.25) is 0 Å². The van der Waals surface area contributed by atoms with Crippen molar-refractivity contribution in [3.8, 4) is 0 Å². The summed E-state index contributed by atoms with van der Waals surface area (Å²) in [4.78, 5) is 11.3. The highest BCUT2D eigenvalue weighted by Gasteiger charge is 2.21. The Kier molecular flexibility index (Phi) is 6.27. The second kappa shape index (κ2) is 6.63. The maximum atomic E-state index is 11.3. The molecule has 15 heavy (non-hydrogen) atoms. The Labute approximate surface area is 99.1 Å². The van der Waals surface area contributed by atoms with Crippen molar-refractivity contribution < 1.29 is 9.53 Å². The van der Waals surface area contributed by atoms with Crippen LogP contribution >= 0.6 is 24.0 Å². The van der Waals surface area contributed by atoms with Gasteiger partial charge in [0, 0.05) is 10.6 Å². The number of benzene rings is 1. The van der Waals surface area contributed by atoms with E-state index in [1.165, 1.54) is 7.11 Å². The molecule has 0 aliphatic carbocycles. The summed E-state index contributed by atoms with van der Waals surface area (Å²) in [6, 6.07) is 6.22. The van der Waals surface area contributed by atoms with Crippen molar-refractivity contribution in [3.05, 3.63) is 34.9 Å². The second-order valence-electron chi connectivity index (χ2n) is 2.64. The van der Waals surface area contributed by atoms with Gasteiger partial charge in [0.15, 0.2) is 0 Å². The smallest absolute Gasteiger partial charge is 0.328 e. The summed E-state index contributed by atoms with van der Waals surface area (Å²) in [5, 5.41) is 0.473. The lowest BCUT2D eigenvalue weighted by atomic mass is 10.1. The quantitative estimate of drug-likeness (QED) is 0.484. The molecule has 0 saturated carbocycles. The van der Waals surface area contributed by atoms with Crippen LogP contribution in [0, 0.1) is 0 Å². The van der Waals surface area contributed by atoms with E-state index in [0.29, 0.717) is 10.6 Å². The van der Waals surface area contributed by atoms with Gasteiger partial charge in [-0.15, -0.1) is 12.4 Å². The van der Waals surface area contributed by atoms with Crippen LogP contribution in [0.2, 0.25) is 5.02 Å². The van der Waals surface area contributed by atoms with Gasteiger partial charge >= 0.3 is 5.97 Å². The van der Waals surface area contributed by atoms with Crippen molar-refractivity contribution in [1.82, 2.24) is 5.43 Å². The molecule has 0 amide bonds. The number of nitrogens with two attached hydrogens (primary N) is 1. The highest BCUT2D eigenvalue weighted by molar-refractivity contribution is 6.31. The fourth-order valence-corrected chi connectivity index (χ4v) is 1.36. The monoisotopic (exact) mass is 250 g/mol. The SMILES string of the molecule is COC(=O)[C@H](NN)c1ccccc1Cl.Cl. The lowest BCUT2D eigenvalue weighted by Crippen LogP contribution is -2.34. The minimum absolute atomic E-state index is 0. The Balaban J connectivity index is 0.00000196. The van der Waals surface area contributed by atoms with Gasteiger partial charge in [-0.05, 0) is 6.07 Å². The van der Waals surface area contributed by atoms with Crippen molar-refractivity contribution in [3.63, 3.8) is 0 Å². The molecule has 4 nitrogen and oxygen atoms in total. The third-order valence-electron chi connectivity index (χ3n) is 1.82. The topological polar surface area (TPSA) is 64.3 Å². The molecule has 84 valence electrons. The lowest BCUT2D eigenvalue weighted by molar-refractivity contribution is -0.143. The van der Waals surface area contributed by atoms with Gasteiger partial charge in [0.1, 0.15) is 6.04 Å². The Hall–Kier alpha value is -0.810. The van der Waals surface area contributed by atoms with Crippen molar-refractivity contribution in [2.75, 3.05) is 7.11 Å². The highest BCUT2D eigenvalue weighted by Crippen LogP contribution is 2.22. The molecule has 0 spiro atoms. The van der Waals surface area contributed by atoms with Crippen LogP contribution in [0.4, 0.5) is 0 Å². The molecule has 0 aliphatic rings. The first kappa shape index (κ1) is 14.2. The van der Waals surface area contributed by atoms with E-state index in [1.807, 2.05) is 0 Å². The summed E-state index contributed by atoms with van der Waals surface area (Å²) >= 11 is 5.90. The average molecular weight is 251 g/mol. The number of carbonyl (C=O) groups is 1. The first-order valence-electron chi connectivity index (χ1n) is 3.99. The molecule has 0 aromatic heterocycles. The van der Waals surface area contributed by atoms with Gasteiger partial charge in [-0.3, -0.25) is 5.84 Å². The van der Waals surface area contributed by atoms with Crippen LogP contribution in [0.25, 0.3) is 0 Å². The highest BCUT2D eigenvalue weighted by atomic mass is 35.5. The number of methoxy groups -OCH3 is 1. The standard InChI is InChI=1S/C9H11ClN2O2.ClH/c1-14-9(13)8(12-11)6-4-2-3-5-7(6)10;/h2-5,8,12H,11H2,1H3;1H/t8-;/m1./s1. The Bertz CT molecular complexity index is 334. The minimum Gasteiger partial charge on any atom is -0.468 e. The Morgan fingerprint density at radius 1 is 1.53 bits per heavy atom. The van der Waals surface area contributed by atoms with Gasteiger partial charge in [-0.2, -0.15) is 0 Å². The van der Waals surface area contributed by atoms with E-state index in [-0.39, 0.29) is 12.4 Å². The summed E-state index contributed by atoms with van der Waals surface area (Å²) in [6.45, 7) is 0. The van der Waals surface area contributed by atoms with Crippen LogP contribution in [0.3, 0.4) is 0 Å². The maximum Gasteiger partial charge on any atom is 0.328 e. The molecule has 1 aromatic carbocycles. The molecule has 0 heterocycles. The largest absolute Gasteiger partial charge is 0.468 e. The van der Waals surface area contributed by atoms with Crippen molar-refractivity contribution in [1.29, 1.82) is 0 Å². The van der Waals surface area contributed by atoms with E-state index in [1.54, 1.807) is 24.3 Å². The zero-order valence-electron chi connectivity index (χ0n) is 8.07. The number of nitrogens with one attached hydrogen (secondary N) is 1. The third kappa shape index (κ3) is 3.35. The van der Waals surface area contributed by atoms with Crippen molar-refractivity contribution in [2.45, 2.75) is 6.04 Å². The summed E-state index contributed by atoms with van der Waals surface area (Å²) in [5.41, 5.74) is 2.95. The van der Waals surface area contributed by atoms with Crippen LogP contribution in [-0.4, -0.2) is 13.1 Å². The molecule has 0 unspecified atom stereocenters. The molecule has 0 radical (unpaired) electrons. The fraction of sp³-hybridized carbons (Fsp3) is 0.222. The third-order valence-corrected chi connectivity index (χ3v) is 2.16. The van der Waals surface area contributed by atoms with Crippen LogP contribution in [0.5, 0.6) is 0 Å². The first-order chi connectivity index (χ1) is 6.70. The van der Waals surface area contributed by atoms with E-state index in [9.17, 15) is 4.79 Å². The van der Waals surface area contributed by atoms with Crippen LogP contribution in [-0.2, 0) is 9.53 Å². The summed E-state index contributed by atoms with van der Waals surface area (Å²) in [6.07, 6.45) is 0. The second-order valence-corrected chi connectivity index (χ2v) is 3.05. The lowest BCUT2D eigenvalue weighted by Gasteiger charge is -2.14. The first-order valence-corrected chi connectivity index (χ1v) is 4.37. The normalized spacial score (nSPS) is 11.4. The maximum absolute atomic E-state index is 11.3. The molecular formula is C9H12Cl2N2O2. The molecule has 0 fully saturated rings. The molecule has 3 N–H and O–H groups in total. The van der Waals surface area contributed by atoms with Crippen LogP contribution < -0.4 is 11.3 Å². The number of hydrogen-bond donors (Lipinski definition) is 2.